The summed E-state index contributed by atoms with van der Waals surface area (Å²) in [6, 6.07) is 7.44. The minimum atomic E-state index is -0.342. The Bertz CT molecular complexity index is 714. The van der Waals surface area contributed by atoms with E-state index in [4.69, 9.17) is 17.3 Å². The molecule has 1 saturated carbocycles. The lowest BCUT2D eigenvalue weighted by Gasteiger charge is -2.28. The Balaban J connectivity index is 0.00000196. The predicted molar refractivity (Wildman–Crippen MR) is 103 cm³/mol. The number of likely N-dealkylation sites (tertiary alicyclic amines) is 2. The van der Waals surface area contributed by atoms with Crippen LogP contribution >= 0.6 is 24.0 Å². The Morgan fingerprint density at radius 2 is 2.04 bits per heavy atom. The van der Waals surface area contributed by atoms with Gasteiger partial charge >= 0.3 is 0 Å². The number of amides is 2. The molecule has 4 rings (SSSR count). The van der Waals surface area contributed by atoms with E-state index in [1.807, 2.05) is 29.2 Å². The van der Waals surface area contributed by atoms with Crippen LogP contribution in [-0.4, -0.2) is 47.8 Å². The first-order chi connectivity index (χ1) is 12.0. The van der Waals surface area contributed by atoms with Gasteiger partial charge in [-0.05, 0) is 42.4 Å². The minimum Gasteiger partial charge on any atom is -0.342 e. The summed E-state index contributed by atoms with van der Waals surface area (Å²) >= 11 is 6.13. The molecule has 7 heteroatoms. The number of benzene rings is 1. The molecular weight excluding hydrogens is 373 g/mol. The first kappa shape index (κ1) is 19.5. The average Bonchev–Trinajstić information content (AvgIpc) is 3.23. The third-order valence-electron chi connectivity index (χ3n) is 6.32. The molecule has 5 unspecified atom stereocenters. The van der Waals surface area contributed by atoms with Crippen molar-refractivity contribution in [2.75, 3.05) is 20.1 Å². The van der Waals surface area contributed by atoms with Crippen molar-refractivity contribution in [1.29, 1.82) is 0 Å². The van der Waals surface area contributed by atoms with E-state index in [-0.39, 0.29) is 48.6 Å². The van der Waals surface area contributed by atoms with Crippen molar-refractivity contribution in [1.82, 2.24) is 9.80 Å². The first-order valence-corrected chi connectivity index (χ1v) is 9.39. The van der Waals surface area contributed by atoms with Crippen LogP contribution in [0.5, 0.6) is 0 Å². The van der Waals surface area contributed by atoms with E-state index >= 15 is 0 Å². The van der Waals surface area contributed by atoms with E-state index in [9.17, 15) is 9.59 Å². The summed E-state index contributed by atoms with van der Waals surface area (Å²) in [7, 11) is 1.77. The molecule has 3 aliphatic rings. The maximum atomic E-state index is 13.2. The summed E-state index contributed by atoms with van der Waals surface area (Å²) in [6.07, 6.45) is 2.44. The predicted octanol–water partition coefficient (Wildman–Crippen LogP) is 2.48. The molecule has 2 heterocycles. The standard InChI is InChI=1S/C19H24ClN3O2.ClH/c1-22-17(24)8-14(18(22)11-3-2-4-13(20)7-11)19(25)23-9-12-5-6-16(21)15(12)10-23;/h2-4,7,12,14-16,18H,5-6,8-10,21H2,1H3;1H. The van der Waals surface area contributed by atoms with Crippen LogP contribution in [0.1, 0.15) is 30.9 Å². The zero-order chi connectivity index (χ0) is 17.7. The van der Waals surface area contributed by atoms with E-state index in [1.54, 1.807) is 11.9 Å². The fourth-order valence-corrected chi connectivity index (χ4v) is 5.16. The third kappa shape index (κ3) is 3.21. The zero-order valence-electron chi connectivity index (χ0n) is 14.8. The maximum absolute atomic E-state index is 13.2. The number of nitrogens with two attached hydrogens (primary N) is 1. The molecule has 3 fully saturated rings. The molecular formula is C19H25Cl2N3O2. The second-order valence-electron chi connectivity index (χ2n) is 7.72. The summed E-state index contributed by atoms with van der Waals surface area (Å²) < 4.78 is 0. The van der Waals surface area contributed by atoms with Crippen molar-refractivity contribution < 1.29 is 9.59 Å². The molecule has 26 heavy (non-hydrogen) atoms. The number of halogens is 2. The highest BCUT2D eigenvalue weighted by Crippen LogP contribution is 2.42. The first-order valence-electron chi connectivity index (χ1n) is 9.01. The zero-order valence-corrected chi connectivity index (χ0v) is 16.4. The summed E-state index contributed by atoms with van der Waals surface area (Å²) in [5.41, 5.74) is 7.13. The Morgan fingerprint density at radius 3 is 2.73 bits per heavy atom. The van der Waals surface area contributed by atoms with Gasteiger partial charge in [0.2, 0.25) is 11.8 Å². The third-order valence-corrected chi connectivity index (χ3v) is 6.55. The fraction of sp³-hybridized carbons (Fsp3) is 0.579. The van der Waals surface area contributed by atoms with Gasteiger partial charge in [0.05, 0.1) is 12.0 Å². The van der Waals surface area contributed by atoms with Gasteiger partial charge in [0.1, 0.15) is 0 Å². The van der Waals surface area contributed by atoms with Crippen LogP contribution in [0, 0.1) is 17.8 Å². The molecule has 2 amide bonds. The normalized spacial score (nSPS) is 33.3. The van der Waals surface area contributed by atoms with Gasteiger partial charge in [0, 0.05) is 37.6 Å². The number of carbonyl (C=O) groups is 2. The lowest BCUT2D eigenvalue weighted by Crippen LogP contribution is -2.39. The fourth-order valence-electron chi connectivity index (χ4n) is 4.96. The molecule has 0 radical (unpaired) electrons. The van der Waals surface area contributed by atoms with E-state index in [0.29, 0.717) is 16.9 Å². The van der Waals surface area contributed by atoms with Crippen LogP contribution in [0.15, 0.2) is 24.3 Å². The monoisotopic (exact) mass is 397 g/mol. The van der Waals surface area contributed by atoms with E-state index in [2.05, 4.69) is 0 Å². The highest BCUT2D eigenvalue weighted by Gasteiger charge is 2.48. The minimum absolute atomic E-state index is 0. The van der Waals surface area contributed by atoms with Crippen molar-refractivity contribution in [3.05, 3.63) is 34.9 Å². The smallest absolute Gasteiger partial charge is 0.228 e. The molecule has 1 aliphatic carbocycles. The summed E-state index contributed by atoms with van der Waals surface area (Å²) in [4.78, 5) is 29.2. The molecule has 2 aliphatic heterocycles. The van der Waals surface area contributed by atoms with Gasteiger partial charge in [-0.1, -0.05) is 23.7 Å². The molecule has 2 N–H and O–H groups in total. The lowest BCUT2D eigenvalue weighted by atomic mass is 9.92. The van der Waals surface area contributed by atoms with E-state index in [0.717, 1.165) is 31.5 Å². The molecule has 1 aromatic carbocycles. The highest BCUT2D eigenvalue weighted by atomic mass is 35.5. The van der Waals surface area contributed by atoms with E-state index in [1.165, 1.54) is 0 Å². The number of hydrogen-bond acceptors (Lipinski definition) is 3. The second-order valence-corrected chi connectivity index (χ2v) is 8.16. The maximum Gasteiger partial charge on any atom is 0.228 e. The van der Waals surface area contributed by atoms with Crippen molar-refractivity contribution in [2.24, 2.45) is 23.5 Å². The van der Waals surface area contributed by atoms with Crippen molar-refractivity contribution in [3.8, 4) is 0 Å². The van der Waals surface area contributed by atoms with Crippen LogP contribution in [0.4, 0.5) is 0 Å². The van der Waals surface area contributed by atoms with Gasteiger partial charge in [-0.3, -0.25) is 9.59 Å². The van der Waals surface area contributed by atoms with Crippen molar-refractivity contribution >= 4 is 35.8 Å². The van der Waals surface area contributed by atoms with E-state index < -0.39 is 0 Å². The summed E-state index contributed by atoms with van der Waals surface area (Å²) in [6.45, 7) is 1.52. The van der Waals surface area contributed by atoms with Crippen LogP contribution in [0.3, 0.4) is 0 Å². The largest absolute Gasteiger partial charge is 0.342 e. The Hall–Kier alpha value is -1.30. The number of rotatable bonds is 2. The van der Waals surface area contributed by atoms with Gasteiger partial charge in [0.15, 0.2) is 0 Å². The SMILES string of the molecule is CN1C(=O)CC(C(=O)N2CC3CCC(N)C3C2)C1c1cccc(Cl)c1.Cl. The number of nitrogens with zero attached hydrogens (tertiary/aromatic N) is 2. The highest BCUT2D eigenvalue weighted by molar-refractivity contribution is 6.30. The molecule has 0 aromatic heterocycles. The van der Waals surface area contributed by atoms with Crippen LogP contribution in [0.25, 0.3) is 0 Å². The Morgan fingerprint density at radius 1 is 1.27 bits per heavy atom. The van der Waals surface area contributed by atoms with Crippen LogP contribution in [0.2, 0.25) is 5.02 Å². The van der Waals surface area contributed by atoms with Crippen LogP contribution in [-0.2, 0) is 9.59 Å². The van der Waals surface area contributed by atoms with Gasteiger partial charge < -0.3 is 15.5 Å². The molecule has 2 saturated heterocycles. The summed E-state index contributed by atoms with van der Waals surface area (Å²) in [5.74, 6) is 0.705. The van der Waals surface area contributed by atoms with Gasteiger partial charge in [0.25, 0.3) is 0 Å². The Kier molecular flexibility index (Phi) is 5.52. The van der Waals surface area contributed by atoms with Gasteiger partial charge in [-0.2, -0.15) is 0 Å². The molecule has 142 valence electrons. The molecule has 5 nitrogen and oxygen atoms in total. The summed E-state index contributed by atoms with van der Waals surface area (Å²) in [5, 5.41) is 0.623. The second kappa shape index (κ2) is 7.37. The molecule has 0 spiro atoms. The van der Waals surface area contributed by atoms with Crippen molar-refractivity contribution in [3.63, 3.8) is 0 Å². The topological polar surface area (TPSA) is 66.6 Å². The van der Waals surface area contributed by atoms with Gasteiger partial charge in [-0.25, -0.2) is 0 Å². The average molecular weight is 398 g/mol. The number of fused-ring (bicyclic) bond motifs is 1. The van der Waals surface area contributed by atoms with Crippen molar-refractivity contribution in [2.45, 2.75) is 31.3 Å². The van der Waals surface area contributed by atoms with Gasteiger partial charge in [-0.15, -0.1) is 12.4 Å². The molecule has 0 bridgehead atoms. The molecule has 5 atom stereocenters. The Labute approximate surface area is 165 Å². The lowest BCUT2D eigenvalue weighted by molar-refractivity contribution is -0.135. The quantitative estimate of drug-likeness (QED) is 0.833. The van der Waals surface area contributed by atoms with Crippen LogP contribution < -0.4 is 5.73 Å². The molecule has 1 aromatic rings. The number of carbonyl (C=O) groups excluding carboxylic acids is 2. The number of hydrogen-bond donors (Lipinski definition) is 1.